The molecule has 1 aromatic rings. The summed E-state index contributed by atoms with van der Waals surface area (Å²) in [4.78, 5) is 28.3. The van der Waals surface area contributed by atoms with E-state index in [9.17, 15) is 4.79 Å². The highest BCUT2D eigenvalue weighted by atomic mass is 16.2. The normalized spacial score (nSPS) is 20.7. The van der Waals surface area contributed by atoms with Crippen LogP contribution in [0.4, 0.5) is 0 Å². The molecule has 0 heterocycles. The predicted octanol–water partition coefficient (Wildman–Crippen LogP) is 2.97. The molecular formula is C17H23NO3. The van der Waals surface area contributed by atoms with Gasteiger partial charge in [0.15, 0.2) is 0 Å². The Hall–Kier alpha value is -1.93. The Morgan fingerprint density at radius 3 is 2.33 bits per heavy atom. The highest BCUT2D eigenvalue weighted by Gasteiger charge is 2.19. The lowest BCUT2D eigenvalue weighted by molar-refractivity contribution is -0.191. The summed E-state index contributed by atoms with van der Waals surface area (Å²) in [5.74, 6) is 1.62. The molecule has 0 spiro atoms. The van der Waals surface area contributed by atoms with Crippen LogP contribution in [0, 0.1) is 18.8 Å². The quantitative estimate of drug-likeness (QED) is 0.930. The summed E-state index contributed by atoms with van der Waals surface area (Å²) in [5.41, 5.74) is 1.86. The SMILES string of the molecule is Cc1ccccc1C(=O)NCC1CCC(C)CC1.O=C=O. The van der Waals surface area contributed by atoms with Crippen molar-refractivity contribution >= 4 is 12.1 Å². The van der Waals surface area contributed by atoms with Gasteiger partial charge in [-0.2, -0.15) is 9.59 Å². The van der Waals surface area contributed by atoms with Crippen LogP contribution in [0.25, 0.3) is 0 Å². The Morgan fingerprint density at radius 1 is 1.19 bits per heavy atom. The molecule has 21 heavy (non-hydrogen) atoms. The van der Waals surface area contributed by atoms with E-state index in [0.29, 0.717) is 5.92 Å². The molecule has 0 aliphatic heterocycles. The number of hydrogen-bond acceptors (Lipinski definition) is 3. The molecule has 0 atom stereocenters. The first-order valence-corrected chi connectivity index (χ1v) is 7.41. The zero-order valence-corrected chi connectivity index (χ0v) is 12.7. The van der Waals surface area contributed by atoms with Crippen LogP contribution in [0.5, 0.6) is 0 Å². The van der Waals surface area contributed by atoms with Crippen LogP contribution < -0.4 is 5.32 Å². The summed E-state index contributed by atoms with van der Waals surface area (Å²) in [6.07, 6.45) is 5.39. The number of rotatable bonds is 3. The summed E-state index contributed by atoms with van der Waals surface area (Å²) in [6.45, 7) is 5.14. The topological polar surface area (TPSA) is 63.2 Å². The highest BCUT2D eigenvalue weighted by molar-refractivity contribution is 5.95. The fourth-order valence-corrected chi connectivity index (χ4v) is 2.69. The molecule has 2 rings (SSSR count). The lowest BCUT2D eigenvalue weighted by Gasteiger charge is -2.26. The third kappa shape index (κ3) is 5.92. The van der Waals surface area contributed by atoms with Crippen molar-refractivity contribution in [3.63, 3.8) is 0 Å². The zero-order chi connectivity index (χ0) is 15.7. The third-order valence-corrected chi connectivity index (χ3v) is 4.08. The van der Waals surface area contributed by atoms with Gasteiger partial charge in [0.25, 0.3) is 5.91 Å². The van der Waals surface area contributed by atoms with Gasteiger partial charge < -0.3 is 5.32 Å². The smallest absolute Gasteiger partial charge is 0.352 e. The van der Waals surface area contributed by atoms with E-state index in [1.54, 1.807) is 0 Å². The van der Waals surface area contributed by atoms with E-state index >= 15 is 0 Å². The van der Waals surface area contributed by atoms with Crippen molar-refractivity contribution in [2.24, 2.45) is 11.8 Å². The van der Waals surface area contributed by atoms with Gasteiger partial charge in [-0.05, 0) is 43.2 Å². The van der Waals surface area contributed by atoms with Crippen LogP contribution in [-0.2, 0) is 9.59 Å². The van der Waals surface area contributed by atoms with Crippen LogP contribution in [0.2, 0.25) is 0 Å². The Bertz CT molecular complexity index is 485. The number of amides is 1. The second-order valence-corrected chi connectivity index (χ2v) is 5.73. The van der Waals surface area contributed by atoms with Crippen molar-refractivity contribution in [2.45, 2.75) is 39.5 Å². The van der Waals surface area contributed by atoms with Gasteiger partial charge in [0, 0.05) is 12.1 Å². The standard InChI is InChI=1S/C16H23NO.CO2/c1-12-7-9-14(10-8-12)11-17-16(18)15-6-4-3-5-13(15)2;2-1-3/h3-6,12,14H,7-11H2,1-2H3,(H,17,18);. The molecule has 0 aromatic heterocycles. The first-order valence-electron chi connectivity index (χ1n) is 7.41. The summed E-state index contributed by atoms with van der Waals surface area (Å²) in [6, 6.07) is 7.77. The largest absolute Gasteiger partial charge is 0.373 e. The Labute approximate surface area is 125 Å². The molecule has 1 aromatic carbocycles. The second kappa shape index (κ2) is 9.09. The number of benzene rings is 1. The van der Waals surface area contributed by atoms with Crippen LogP contribution >= 0.6 is 0 Å². The maximum absolute atomic E-state index is 12.1. The van der Waals surface area contributed by atoms with Gasteiger partial charge in [-0.25, -0.2) is 0 Å². The van der Waals surface area contributed by atoms with Crippen LogP contribution in [-0.4, -0.2) is 18.6 Å². The number of aryl methyl sites for hydroxylation is 1. The molecule has 1 saturated carbocycles. The molecule has 0 unspecified atom stereocenters. The van der Waals surface area contributed by atoms with Crippen LogP contribution in [0.3, 0.4) is 0 Å². The first-order chi connectivity index (χ1) is 10.1. The molecule has 4 heteroatoms. The molecule has 0 saturated heterocycles. The maximum atomic E-state index is 12.1. The number of carbonyl (C=O) groups is 1. The lowest BCUT2D eigenvalue weighted by atomic mass is 9.83. The molecule has 0 bridgehead atoms. The second-order valence-electron chi connectivity index (χ2n) is 5.73. The predicted molar refractivity (Wildman–Crippen MR) is 79.6 cm³/mol. The average molecular weight is 289 g/mol. The van der Waals surface area contributed by atoms with Gasteiger partial charge in [-0.15, -0.1) is 0 Å². The molecule has 4 nitrogen and oxygen atoms in total. The first kappa shape index (κ1) is 17.1. The Morgan fingerprint density at radius 2 is 1.76 bits per heavy atom. The molecule has 0 radical (unpaired) electrons. The van der Waals surface area contributed by atoms with Crippen molar-refractivity contribution in [1.82, 2.24) is 5.32 Å². The van der Waals surface area contributed by atoms with E-state index < -0.39 is 0 Å². The van der Waals surface area contributed by atoms with E-state index in [1.165, 1.54) is 25.7 Å². The lowest BCUT2D eigenvalue weighted by Crippen LogP contribution is -2.31. The molecule has 1 fully saturated rings. The fourth-order valence-electron chi connectivity index (χ4n) is 2.69. The molecule has 114 valence electrons. The van der Waals surface area contributed by atoms with Crippen molar-refractivity contribution in [2.75, 3.05) is 6.54 Å². The zero-order valence-electron chi connectivity index (χ0n) is 12.7. The molecule has 1 N–H and O–H groups in total. The summed E-state index contributed by atoms with van der Waals surface area (Å²) < 4.78 is 0. The van der Waals surface area contributed by atoms with Crippen molar-refractivity contribution in [3.05, 3.63) is 35.4 Å². The van der Waals surface area contributed by atoms with Gasteiger partial charge in [0.1, 0.15) is 0 Å². The summed E-state index contributed by atoms with van der Waals surface area (Å²) >= 11 is 0. The minimum Gasteiger partial charge on any atom is -0.352 e. The minimum atomic E-state index is 0.0757. The van der Waals surface area contributed by atoms with Gasteiger partial charge in [-0.3, -0.25) is 4.79 Å². The highest BCUT2D eigenvalue weighted by Crippen LogP contribution is 2.27. The summed E-state index contributed by atoms with van der Waals surface area (Å²) in [7, 11) is 0. The van der Waals surface area contributed by atoms with Gasteiger partial charge in [0.2, 0.25) is 0 Å². The fraction of sp³-hybridized carbons (Fsp3) is 0.529. The maximum Gasteiger partial charge on any atom is 0.373 e. The minimum absolute atomic E-state index is 0.0757. The number of hydrogen-bond donors (Lipinski definition) is 1. The summed E-state index contributed by atoms with van der Waals surface area (Å²) in [5, 5.41) is 3.09. The van der Waals surface area contributed by atoms with Crippen LogP contribution in [0.15, 0.2) is 24.3 Å². The molecule has 1 amide bonds. The van der Waals surface area contributed by atoms with E-state index in [-0.39, 0.29) is 12.1 Å². The van der Waals surface area contributed by atoms with Crippen LogP contribution in [0.1, 0.15) is 48.5 Å². The van der Waals surface area contributed by atoms with E-state index in [2.05, 4.69) is 12.2 Å². The van der Waals surface area contributed by atoms with E-state index in [0.717, 1.165) is 23.6 Å². The van der Waals surface area contributed by atoms with Gasteiger partial charge in [-0.1, -0.05) is 38.0 Å². The Kier molecular flexibility index (Phi) is 7.41. The Balaban J connectivity index is 0.000000677. The van der Waals surface area contributed by atoms with Crippen molar-refractivity contribution < 1.29 is 14.4 Å². The molecular weight excluding hydrogens is 266 g/mol. The van der Waals surface area contributed by atoms with E-state index in [1.807, 2.05) is 31.2 Å². The molecule has 1 aliphatic carbocycles. The van der Waals surface area contributed by atoms with E-state index in [4.69, 9.17) is 9.59 Å². The van der Waals surface area contributed by atoms with Gasteiger partial charge >= 0.3 is 6.15 Å². The van der Waals surface area contributed by atoms with Gasteiger partial charge in [0.05, 0.1) is 0 Å². The number of nitrogens with one attached hydrogen (secondary N) is 1. The molecule has 1 aliphatic rings. The average Bonchev–Trinajstić information content (AvgIpc) is 2.48. The van der Waals surface area contributed by atoms with Crippen molar-refractivity contribution in [1.29, 1.82) is 0 Å². The third-order valence-electron chi connectivity index (χ3n) is 4.08. The monoisotopic (exact) mass is 289 g/mol. The number of carbonyl (C=O) groups excluding carboxylic acids is 3. The van der Waals surface area contributed by atoms with Crippen molar-refractivity contribution in [3.8, 4) is 0 Å².